The summed E-state index contributed by atoms with van der Waals surface area (Å²) >= 11 is 0. The molecule has 2 fully saturated rings. The van der Waals surface area contributed by atoms with E-state index in [4.69, 9.17) is 38.4 Å². The summed E-state index contributed by atoms with van der Waals surface area (Å²) in [5.74, 6) is 2.69. The SMILES string of the molecule is COc1ccc(CCn2c(CCN3C(=O)c4ccc(OCCN5CCN(Cc6ccc7nc(CCN8C(=O)c9ccc(OCCN%10CCCC%10)cc9C8=O)n(CCc8ccc(OC)c(OC)c8)c(=O)c7c6)CC5)cc4C3=O)nc3ccccc3c2=O)cc1OC. The first-order valence-corrected chi connectivity index (χ1v) is 30.7. The zero-order valence-corrected chi connectivity index (χ0v) is 51.2. The van der Waals surface area contributed by atoms with E-state index in [-0.39, 0.29) is 55.1 Å². The maximum absolute atomic E-state index is 14.7. The Morgan fingerprint density at radius 3 is 1.37 bits per heavy atom. The number of benzene rings is 6. The highest BCUT2D eigenvalue weighted by atomic mass is 16.5. The molecule has 0 saturated carbocycles. The van der Waals surface area contributed by atoms with Crippen molar-refractivity contribution in [3.05, 3.63) is 187 Å². The number of hydrogen-bond donors (Lipinski definition) is 0. The van der Waals surface area contributed by atoms with Crippen LogP contribution in [0.15, 0.2) is 125 Å². The molecule has 0 atom stereocenters. The number of aryl methyl sites for hydroxylation is 2. The smallest absolute Gasteiger partial charge is 0.261 e. The van der Waals surface area contributed by atoms with E-state index in [0.29, 0.717) is 130 Å². The van der Waals surface area contributed by atoms with Crippen LogP contribution in [0.3, 0.4) is 0 Å². The van der Waals surface area contributed by atoms with Crippen LogP contribution in [0, 0.1) is 0 Å². The maximum Gasteiger partial charge on any atom is 0.261 e. The maximum atomic E-state index is 14.7. The molecular formula is C69H73N9O12. The number of rotatable bonds is 26. The molecular weight excluding hydrogens is 1150 g/mol. The Morgan fingerprint density at radius 2 is 0.844 bits per heavy atom. The van der Waals surface area contributed by atoms with Gasteiger partial charge in [0.1, 0.15) is 36.4 Å². The van der Waals surface area contributed by atoms with Gasteiger partial charge < -0.3 is 28.4 Å². The molecule has 2 aromatic heterocycles. The first-order chi connectivity index (χ1) is 43.9. The largest absolute Gasteiger partial charge is 0.493 e. The van der Waals surface area contributed by atoms with E-state index in [1.165, 1.54) is 22.6 Å². The van der Waals surface area contributed by atoms with Gasteiger partial charge in [-0.2, -0.15) is 0 Å². The molecule has 0 radical (unpaired) electrons. The minimum absolute atomic E-state index is 0.0274. The fourth-order valence-electron chi connectivity index (χ4n) is 12.6. The minimum Gasteiger partial charge on any atom is -0.493 e. The summed E-state index contributed by atoms with van der Waals surface area (Å²) < 4.78 is 37.5. The van der Waals surface area contributed by atoms with Crippen molar-refractivity contribution in [2.75, 3.05) is 107 Å². The number of piperazine rings is 1. The molecule has 0 bridgehead atoms. The van der Waals surface area contributed by atoms with Gasteiger partial charge in [0, 0.05) is 84.8 Å². The van der Waals surface area contributed by atoms with Crippen LogP contribution in [0.25, 0.3) is 21.8 Å². The van der Waals surface area contributed by atoms with Crippen molar-refractivity contribution in [1.29, 1.82) is 0 Å². The number of carbonyl (C=O) groups excluding carboxylic acids is 4. The molecule has 90 heavy (non-hydrogen) atoms. The quantitative estimate of drug-likeness (QED) is 0.0501. The summed E-state index contributed by atoms with van der Waals surface area (Å²) in [5.41, 5.74) is 4.69. The number of carbonyl (C=O) groups is 4. The third-order valence-corrected chi connectivity index (χ3v) is 17.6. The zero-order valence-electron chi connectivity index (χ0n) is 51.2. The van der Waals surface area contributed by atoms with E-state index in [1.807, 2.05) is 60.7 Å². The second-order valence-electron chi connectivity index (χ2n) is 23.0. The predicted molar refractivity (Wildman–Crippen MR) is 338 cm³/mol. The van der Waals surface area contributed by atoms with Gasteiger partial charge in [0.2, 0.25) is 0 Å². The molecule has 0 aliphatic carbocycles. The first-order valence-electron chi connectivity index (χ1n) is 30.7. The standard InChI is InChI=1S/C69H73N9O12/c1-85-58-19-12-45(40-60(58)87-3)21-27-75-62(70-56-10-6-5-9-52(56)66(75)81)23-29-77-64(79)51-17-15-49(43-54(51)67(77)82)90-38-36-73-31-33-74(34-32-73)44-47-11-18-57-55(39-47)69(84)76(28-22-46-13-20-59(86-2)61(41-46)88-4)63(71-57)24-30-78-65(80)50-16-14-48(42-53(50)68(78)83)89-37-35-72-25-7-8-26-72/h5-6,9-20,39-43H,7-8,21-38,44H2,1-4H3. The molecule has 0 N–H and O–H groups in total. The summed E-state index contributed by atoms with van der Waals surface area (Å²) in [5, 5.41) is 0.960. The number of ether oxygens (including phenoxy) is 6. The first kappa shape index (κ1) is 60.8. The van der Waals surface area contributed by atoms with Gasteiger partial charge in [-0.05, 0) is 140 Å². The van der Waals surface area contributed by atoms with Crippen LogP contribution >= 0.6 is 0 Å². The van der Waals surface area contributed by atoms with Crippen molar-refractivity contribution < 1.29 is 47.6 Å². The molecule has 6 heterocycles. The Hall–Kier alpha value is -9.44. The molecule has 4 amide bonds. The zero-order chi connectivity index (χ0) is 62.4. The van der Waals surface area contributed by atoms with Gasteiger partial charge in [0.05, 0.1) is 72.5 Å². The van der Waals surface area contributed by atoms with E-state index in [0.717, 1.165) is 62.5 Å². The van der Waals surface area contributed by atoms with Crippen molar-refractivity contribution in [1.82, 2.24) is 43.6 Å². The van der Waals surface area contributed by atoms with Gasteiger partial charge in [-0.15, -0.1) is 0 Å². The molecule has 2 saturated heterocycles. The van der Waals surface area contributed by atoms with Crippen LogP contribution in [-0.4, -0.2) is 174 Å². The number of methoxy groups -OCH3 is 4. The van der Waals surface area contributed by atoms with Gasteiger partial charge in [-0.25, -0.2) is 9.97 Å². The Labute approximate surface area is 520 Å². The van der Waals surface area contributed by atoms with Crippen molar-refractivity contribution in [2.45, 2.75) is 58.2 Å². The lowest BCUT2D eigenvalue weighted by molar-refractivity contribution is 0.0639. The average Bonchev–Trinajstić information content (AvgIpc) is 2.03. The molecule has 4 aliphatic heterocycles. The van der Waals surface area contributed by atoms with Crippen LogP contribution < -0.4 is 39.5 Å². The van der Waals surface area contributed by atoms with Gasteiger partial charge in [-0.1, -0.05) is 30.3 Å². The number of likely N-dealkylation sites (tertiary alicyclic amines) is 1. The predicted octanol–water partition coefficient (Wildman–Crippen LogP) is 6.97. The normalized spacial score (nSPS) is 15.3. The number of hydrogen-bond acceptors (Lipinski definition) is 17. The number of aromatic nitrogens is 4. The topological polar surface area (TPSA) is 210 Å². The second-order valence-corrected chi connectivity index (χ2v) is 23.0. The number of amides is 4. The molecule has 466 valence electrons. The van der Waals surface area contributed by atoms with Gasteiger partial charge in [-0.3, -0.25) is 62.4 Å². The van der Waals surface area contributed by atoms with E-state index < -0.39 is 17.7 Å². The molecule has 8 aromatic rings. The monoisotopic (exact) mass is 1220 g/mol. The Balaban J connectivity index is 0.657. The van der Waals surface area contributed by atoms with Gasteiger partial charge in [0.25, 0.3) is 34.7 Å². The summed E-state index contributed by atoms with van der Waals surface area (Å²) in [4.78, 5) is 103. The second kappa shape index (κ2) is 27.1. The summed E-state index contributed by atoms with van der Waals surface area (Å²) in [6, 6.07) is 34.3. The Morgan fingerprint density at radius 1 is 0.389 bits per heavy atom. The molecule has 21 nitrogen and oxygen atoms in total. The third kappa shape index (κ3) is 12.9. The van der Waals surface area contributed by atoms with E-state index in [9.17, 15) is 28.8 Å². The van der Waals surface area contributed by atoms with Crippen molar-refractivity contribution in [3.8, 4) is 34.5 Å². The van der Waals surface area contributed by atoms with Crippen LogP contribution in [0.2, 0.25) is 0 Å². The lowest BCUT2D eigenvalue weighted by atomic mass is 10.1. The van der Waals surface area contributed by atoms with Gasteiger partial charge >= 0.3 is 0 Å². The Kier molecular flexibility index (Phi) is 18.3. The van der Waals surface area contributed by atoms with Crippen LogP contribution in [0.1, 0.15) is 82.6 Å². The van der Waals surface area contributed by atoms with Crippen LogP contribution in [-0.2, 0) is 45.3 Å². The highest BCUT2D eigenvalue weighted by Gasteiger charge is 2.37. The molecule has 0 spiro atoms. The minimum atomic E-state index is -0.429. The Bertz CT molecular complexity index is 4170. The fraction of sp³-hybridized carbons (Fsp3) is 0.362. The van der Waals surface area contributed by atoms with E-state index in [1.54, 1.807) is 92.2 Å². The highest BCUT2D eigenvalue weighted by molar-refractivity contribution is 6.22. The molecule has 6 aromatic carbocycles. The summed E-state index contributed by atoms with van der Waals surface area (Å²) in [7, 11) is 6.31. The van der Waals surface area contributed by atoms with Crippen LogP contribution in [0.4, 0.5) is 0 Å². The van der Waals surface area contributed by atoms with Crippen LogP contribution in [0.5, 0.6) is 34.5 Å². The van der Waals surface area contributed by atoms with Crippen molar-refractivity contribution in [3.63, 3.8) is 0 Å². The summed E-state index contributed by atoms with van der Waals surface area (Å²) in [6.07, 6.45) is 3.68. The lowest BCUT2D eigenvalue weighted by Gasteiger charge is -2.34. The van der Waals surface area contributed by atoms with E-state index >= 15 is 0 Å². The molecule has 12 rings (SSSR count). The lowest BCUT2D eigenvalue weighted by Crippen LogP contribution is -2.47. The number of imide groups is 2. The average molecular weight is 1220 g/mol. The molecule has 4 aliphatic rings. The molecule has 0 unspecified atom stereocenters. The molecule has 21 heteroatoms. The van der Waals surface area contributed by atoms with Gasteiger partial charge in [0.15, 0.2) is 23.0 Å². The fourth-order valence-corrected chi connectivity index (χ4v) is 12.6. The van der Waals surface area contributed by atoms with E-state index in [2.05, 4.69) is 14.7 Å². The number of fused-ring (bicyclic) bond motifs is 4. The third-order valence-electron chi connectivity index (χ3n) is 17.6. The summed E-state index contributed by atoms with van der Waals surface area (Å²) in [6.45, 7) is 8.83. The number of nitrogens with zero attached hydrogens (tertiary/aromatic N) is 9. The van der Waals surface area contributed by atoms with Crippen molar-refractivity contribution >= 4 is 45.4 Å². The number of para-hydroxylation sites is 1. The highest BCUT2D eigenvalue weighted by Crippen LogP contribution is 2.32. The van der Waals surface area contributed by atoms with Crippen molar-refractivity contribution in [2.24, 2.45) is 0 Å².